The molecule has 20 heavy (non-hydrogen) atoms. The number of halogens is 1. The molecule has 0 aromatic heterocycles. The molecule has 2 rings (SSSR count). The molecule has 1 saturated heterocycles. The van der Waals surface area contributed by atoms with Gasteiger partial charge >= 0.3 is 5.97 Å². The lowest BCUT2D eigenvalue weighted by molar-refractivity contribution is -0.147. The van der Waals surface area contributed by atoms with Gasteiger partial charge in [0.2, 0.25) is 0 Å². The largest absolute Gasteiger partial charge is 0.497 e. The smallest absolute Gasteiger partial charge is 0.328 e. The summed E-state index contributed by atoms with van der Waals surface area (Å²) in [6, 6.07) is 4.03. The van der Waals surface area contributed by atoms with Crippen LogP contribution < -0.4 is 4.74 Å². The van der Waals surface area contributed by atoms with Crippen LogP contribution in [0.25, 0.3) is 0 Å². The molecule has 1 aromatic carbocycles. The summed E-state index contributed by atoms with van der Waals surface area (Å²) >= 11 is 3.30. The van der Waals surface area contributed by atoms with Crippen LogP contribution in [0.5, 0.6) is 5.75 Å². The van der Waals surface area contributed by atoms with Crippen LogP contribution in [0.1, 0.15) is 10.4 Å². The number of rotatable bonds is 3. The number of aliphatic carboxylic acids is 1. The number of carboxylic acids is 1. The molecule has 108 valence electrons. The lowest BCUT2D eigenvalue weighted by Crippen LogP contribution is -2.52. The third-order valence-corrected chi connectivity index (χ3v) is 3.77. The van der Waals surface area contributed by atoms with Crippen LogP contribution in [0.2, 0.25) is 0 Å². The van der Waals surface area contributed by atoms with Gasteiger partial charge in [0.15, 0.2) is 6.04 Å². The van der Waals surface area contributed by atoms with E-state index in [2.05, 4.69) is 15.9 Å². The highest BCUT2D eigenvalue weighted by molar-refractivity contribution is 9.10. The fraction of sp³-hybridized carbons (Fsp3) is 0.385. The number of benzene rings is 1. The maximum absolute atomic E-state index is 12.5. The summed E-state index contributed by atoms with van der Waals surface area (Å²) in [5.74, 6) is -0.889. The van der Waals surface area contributed by atoms with E-state index >= 15 is 0 Å². The Kier molecular flexibility index (Phi) is 4.61. The van der Waals surface area contributed by atoms with Crippen molar-refractivity contribution in [1.29, 1.82) is 0 Å². The van der Waals surface area contributed by atoms with Crippen LogP contribution in [0, 0.1) is 0 Å². The standard InChI is InChI=1S/C13H14BrNO5/c1-19-8-2-3-10(14)9(6-8)12(16)15-4-5-20-7-11(15)13(17)18/h2-3,6,11H,4-5,7H2,1H3,(H,17,18)/t11-/m1/s1. The van der Waals surface area contributed by atoms with Crippen LogP contribution in [0.4, 0.5) is 0 Å². The van der Waals surface area contributed by atoms with Crippen LogP contribution >= 0.6 is 15.9 Å². The van der Waals surface area contributed by atoms with E-state index in [-0.39, 0.29) is 19.1 Å². The Balaban J connectivity index is 2.31. The highest BCUT2D eigenvalue weighted by Crippen LogP contribution is 2.25. The summed E-state index contributed by atoms with van der Waals surface area (Å²) in [5.41, 5.74) is 0.373. The molecule has 0 bridgehead atoms. The summed E-state index contributed by atoms with van der Waals surface area (Å²) in [6.45, 7) is 0.583. The Morgan fingerprint density at radius 1 is 1.50 bits per heavy atom. The zero-order valence-electron chi connectivity index (χ0n) is 10.8. The number of amides is 1. The average molecular weight is 344 g/mol. The molecule has 7 heteroatoms. The molecule has 1 amide bonds. The summed E-state index contributed by atoms with van der Waals surface area (Å²) < 4.78 is 10.8. The molecule has 6 nitrogen and oxygen atoms in total. The summed E-state index contributed by atoms with van der Waals surface area (Å²) in [6.07, 6.45) is 0. The molecule has 1 atom stereocenters. The summed E-state index contributed by atoms with van der Waals surface area (Å²) in [5, 5.41) is 9.16. The van der Waals surface area contributed by atoms with Crippen molar-refractivity contribution in [2.24, 2.45) is 0 Å². The number of hydrogen-bond donors (Lipinski definition) is 1. The molecule has 0 radical (unpaired) electrons. The number of carbonyl (C=O) groups excluding carboxylic acids is 1. The molecule has 0 unspecified atom stereocenters. The molecule has 1 N–H and O–H groups in total. The first-order valence-corrected chi connectivity index (χ1v) is 6.79. The Morgan fingerprint density at radius 3 is 2.90 bits per heavy atom. The average Bonchev–Trinajstić information content (AvgIpc) is 2.47. The zero-order valence-corrected chi connectivity index (χ0v) is 12.4. The predicted octanol–water partition coefficient (Wildman–Crippen LogP) is 1.38. The SMILES string of the molecule is COc1ccc(Br)c(C(=O)N2CCOC[C@@H]2C(=O)O)c1. The lowest BCUT2D eigenvalue weighted by atomic mass is 10.1. The van der Waals surface area contributed by atoms with Crippen molar-refractivity contribution >= 4 is 27.8 Å². The van der Waals surface area contributed by atoms with Gasteiger partial charge in [0.25, 0.3) is 5.91 Å². The molecular weight excluding hydrogens is 330 g/mol. The minimum Gasteiger partial charge on any atom is -0.497 e. The molecule has 1 aliphatic rings. The van der Waals surface area contributed by atoms with E-state index in [4.69, 9.17) is 14.6 Å². The third-order valence-electron chi connectivity index (χ3n) is 3.08. The number of carboxylic acid groups (broad SMARTS) is 1. The molecule has 1 aromatic rings. The van der Waals surface area contributed by atoms with Crippen molar-refractivity contribution in [1.82, 2.24) is 4.90 Å². The van der Waals surface area contributed by atoms with Gasteiger partial charge < -0.3 is 19.5 Å². The Morgan fingerprint density at radius 2 is 2.25 bits per heavy atom. The van der Waals surface area contributed by atoms with Gasteiger partial charge in [-0.25, -0.2) is 4.79 Å². The van der Waals surface area contributed by atoms with Gasteiger partial charge in [-0.2, -0.15) is 0 Å². The number of carbonyl (C=O) groups is 2. The first kappa shape index (κ1) is 14.8. The van der Waals surface area contributed by atoms with Gasteiger partial charge in [0.1, 0.15) is 5.75 Å². The molecule has 0 saturated carbocycles. The van der Waals surface area contributed by atoms with E-state index in [1.807, 2.05) is 0 Å². The minimum atomic E-state index is -1.07. The van der Waals surface area contributed by atoms with E-state index in [1.54, 1.807) is 18.2 Å². The van der Waals surface area contributed by atoms with E-state index in [9.17, 15) is 9.59 Å². The van der Waals surface area contributed by atoms with Gasteiger partial charge in [-0.05, 0) is 34.1 Å². The number of hydrogen-bond acceptors (Lipinski definition) is 4. The highest BCUT2D eigenvalue weighted by atomic mass is 79.9. The van der Waals surface area contributed by atoms with Gasteiger partial charge in [0, 0.05) is 11.0 Å². The molecular formula is C13H14BrNO5. The van der Waals surface area contributed by atoms with Crippen molar-refractivity contribution in [3.63, 3.8) is 0 Å². The van der Waals surface area contributed by atoms with Crippen molar-refractivity contribution in [3.8, 4) is 5.75 Å². The van der Waals surface area contributed by atoms with Crippen LogP contribution in [0.3, 0.4) is 0 Å². The first-order chi connectivity index (χ1) is 9.54. The fourth-order valence-electron chi connectivity index (χ4n) is 2.00. The molecule has 1 heterocycles. The molecule has 1 aliphatic heterocycles. The third kappa shape index (κ3) is 2.94. The summed E-state index contributed by atoms with van der Waals surface area (Å²) in [4.78, 5) is 25.0. The summed E-state index contributed by atoms with van der Waals surface area (Å²) in [7, 11) is 1.51. The van der Waals surface area contributed by atoms with Gasteiger partial charge in [-0.3, -0.25) is 4.79 Å². The highest BCUT2D eigenvalue weighted by Gasteiger charge is 2.34. The van der Waals surface area contributed by atoms with Crippen molar-refractivity contribution < 1.29 is 24.2 Å². The van der Waals surface area contributed by atoms with Crippen molar-refractivity contribution in [2.75, 3.05) is 26.9 Å². The topological polar surface area (TPSA) is 76.1 Å². The fourth-order valence-corrected chi connectivity index (χ4v) is 2.42. The monoisotopic (exact) mass is 343 g/mol. The van der Waals surface area contributed by atoms with Crippen molar-refractivity contribution in [3.05, 3.63) is 28.2 Å². The number of morpholine rings is 1. The lowest BCUT2D eigenvalue weighted by Gasteiger charge is -2.33. The van der Waals surface area contributed by atoms with E-state index in [0.717, 1.165) is 0 Å². The Bertz CT molecular complexity index is 533. The normalized spacial score (nSPS) is 18.7. The second kappa shape index (κ2) is 6.23. The number of nitrogens with zero attached hydrogens (tertiary/aromatic N) is 1. The van der Waals surface area contributed by atoms with Crippen LogP contribution in [-0.2, 0) is 9.53 Å². The minimum absolute atomic E-state index is 0.00264. The van der Waals surface area contributed by atoms with E-state index < -0.39 is 12.0 Å². The van der Waals surface area contributed by atoms with Gasteiger partial charge in [-0.1, -0.05) is 0 Å². The quantitative estimate of drug-likeness (QED) is 0.897. The molecule has 0 spiro atoms. The van der Waals surface area contributed by atoms with Crippen LogP contribution in [-0.4, -0.2) is 54.8 Å². The molecule has 1 fully saturated rings. The van der Waals surface area contributed by atoms with Crippen molar-refractivity contribution in [2.45, 2.75) is 6.04 Å². The second-order valence-electron chi connectivity index (χ2n) is 4.27. The van der Waals surface area contributed by atoms with E-state index in [1.165, 1.54) is 12.0 Å². The second-order valence-corrected chi connectivity index (χ2v) is 5.13. The van der Waals surface area contributed by atoms with Crippen LogP contribution in [0.15, 0.2) is 22.7 Å². The molecule has 0 aliphatic carbocycles. The zero-order chi connectivity index (χ0) is 14.7. The first-order valence-electron chi connectivity index (χ1n) is 5.99. The predicted molar refractivity (Wildman–Crippen MR) is 74.0 cm³/mol. The number of methoxy groups -OCH3 is 1. The maximum Gasteiger partial charge on any atom is 0.328 e. The van der Waals surface area contributed by atoms with Gasteiger partial charge in [-0.15, -0.1) is 0 Å². The maximum atomic E-state index is 12.5. The van der Waals surface area contributed by atoms with E-state index in [0.29, 0.717) is 22.4 Å². The van der Waals surface area contributed by atoms with Gasteiger partial charge in [0.05, 0.1) is 25.9 Å². The number of ether oxygens (including phenoxy) is 2. The Hall–Kier alpha value is -1.60. The Labute approximate surface area is 124 Å².